The summed E-state index contributed by atoms with van der Waals surface area (Å²) in [6.07, 6.45) is 1.41. The largest absolute Gasteiger partial charge is 0.488 e. The van der Waals surface area contributed by atoms with Crippen molar-refractivity contribution in [1.29, 1.82) is 0 Å². The molecular weight excluding hydrogens is 462 g/mol. The Kier molecular flexibility index (Phi) is 6.11. The molecule has 1 aliphatic rings. The Morgan fingerprint density at radius 1 is 1.27 bits per heavy atom. The van der Waals surface area contributed by atoms with Gasteiger partial charge in [0.15, 0.2) is 0 Å². The van der Waals surface area contributed by atoms with E-state index in [9.17, 15) is 24.5 Å². The topological polar surface area (TPSA) is 139 Å². The van der Waals surface area contributed by atoms with Gasteiger partial charge in [0.25, 0.3) is 11.6 Å². The van der Waals surface area contributed by atoms with E-state index in [0.717, 1.165) is 0 Å². The van der Waals surface area contributed by atoms with Gasteiger partial charge in [-0.2, -0.15) is 0 Å². The van der Waals surface area contributed by atoms with Crippen LogP contribution in [-0.4, -0.2) is 39.4 Å². The smallest absolute Gasteiger partial charge is 0.329 e. The molecule has 154 valence electrons. The molecule has 30 heavy (non-hydrogen) atoms. The summed E-state index contributed by atoms with van der Waals surface area (Å²) in [4.78, 5) is 45.6. The number of non-ortho nitro benzene ring substituents is 1. The number of amides is 3. The predicted molar refractivity (Wildman–Crippen MR) is 107 cm³/mol. The molecule has 2 aromatic rings. The van der Waals surface area contributed by atoms with Crippen molar-refractivity contribution >= 4 is 45.6 Å². The third-order valence-corrected chi connectivity index (χ3v) is 4.66. The first-order valence-electron chi connectivity index (χ1n) is 8.46. The summed E-state index contributed by atoms with van der Waals surface area (Å²) in [5, 5.41) is 22.0. The van der Waals surface area contributed by atoms with Gasteiger partial charge in [-0.05, 0) is 45.3 Å². The lowest BCUT2D eigenvalue weighted by molar-refractivity contribution is -0.384. The molecule has 0 bridgehead atoms. The van der Waals surface area contributed by atoms with Crippen LogP contribution in [0.4, 0.5) is 10.5 Å². The maximum atomic E-state index is 12.2. The average Bonchev–Trinajstić information content (AvgIpc) is 2.94. The van der Waals surface area contributed by atoms with Gasteiger partial charge in [-0.25, -0.2) is 9.69 Å². The second-order valence-electron chi connectivity index (χ2n) is 6.18. The number of aliphatic carboxylic acids is 1. The van der Waals surface area contributed by atoms with Crippen LogP contribution in [0.25, 0.3) is 6.08 Å². The number of carbonyl (C=O) groups excluding carboxylic acids is 2. The highest BCUT2D eigenvalue weighted by atomic mass is 79.9. The normalized spacial score (nSPS) is 14.7. The fraction of sp³-hybridized carbons (Fsp3) is 0.105. The van der Waals surface area contributed by atoms with E-state index in [1.807, 2.05) is 0 Å². The van der Waals surface area contributed by atoms with Gasteiger partial charge < -0.3 is 15.2 Å². The van der Waals surface area contributed by atoms with Crippen LogP contribution in [-0.2, 0) is 16.2 Å². The van der Waals surface area contributed by atoms with Crippen molar-refractivity contribution in [2.45, 2.75) is 6.61 Å². The molecule has 1 heterocycles. The lowest BCUT2D eigenvalue weighted by atomic mass is 10.2. The molecule has 0 aliphatic carbocycles. The van der Waals surface area contributed by atoms with Crippen molar-refractivity contribution in [3.05, 3.63) is 73.9 Å². The van der Waals surface area contributed by atoms with E-state index >= 15 is 0 Å². The molecule has 0 atom stereocenters. The first-order chi connectivity index (χ1) is 14.2. The molecule has 2 aromatic carbocycles. The number of nitro groups is 1. The highest BCUT2D eigenvalue weighted by molar-refractivity contribution is 9.10. The highest BCUT2D eigenvalue weighted by Gasteiger charge is 2.34. The third-order valence-electron chi connectivity index (χ3n) is 4.04. The summed E-state index contributed by atoms with van der Waals surface area (Å²) in [5.74, 6) is -1.56. The fourth-order valence-corrected chi connectivity index (χ4v) is 3.17. The van der Waals surface area contributed by atoms with E-state index in [-0.39, 0.29) is 18.0 Å². The summed E-state index contributed by atoms with van der Waals surface area (Å²) in [6, 6.07) is 10.2. The van der Waals surface area contributed by atoms with E-state index in [1.54, 1.807) is 30.3 Å². The van der Waals surface area contributed by atoms with Crippen molar-refractivity contribution < 1.29 is 29.2 Å². The number of carboxylic acids is 1. The number of carboxylic acid groups (broad SMARTS) is 1. The SMILES string of the molecule is O=C(O)CN1C(=O)N/C(=C/c2ccc(OCc3cccc([N+](=O)[O-])c3)c(Br)c2)C1=O. The number of imide groups is 1. The quantitative estimate of drug-likeness (QED) is 0.271. The molecule has 3 amide bonds. The second-order valence-corrected chi connectivity index (χ2v) is 7.03. The molecule has 10 nitrogen and oxygen atoms in total. The number of benzene rings is 2. The first kappa shape index (κ1) is 21.0. The van der Waals surface area contributed by atoms with Crippen LogP contribution < -0.4 is 10.1 Å². The Hall–Kier alpha value is -3.73. The Morgan fingerprint density at radius 2 is 2.03 bits per heavy atom. The number of halogens is 1. The van der Waals surface area contributed by atoms with Gasteiger partial charge in [0, 0.05) is 12.1 Å². The summed E-state index contributed by atoms with van der Waals surface area (Å²) < 4.78 is 6.24. The molecule has 11 heteroatoms. The van der Waals surface area contributed by atoms with Crippen LogP contribution in [0.1, 0.15) is 11.1 Å². The number of ether oxygens (including phenoxy) is 1. The van der Waals surface area contributed by atoms with E-state index < -0.39 is 29.4 Å². The summed E-state index contributed by atoms with van der Waals surface area (Å²) >= 11 is 3.36. The predicted octanol–water partition coefficient (Wildman–Crippen LogP) is 2.91. The zero-order chi connectivity index (χ0) is 21.8. The molecule has 1 saturated heterocycles. The minimum absolute atomic E-state index is 0.0302. The zero-order valence-electron chi connectivity index (χ0n) is 15.2. The third kappa shape index (κ3) is 4.81. The summed E-state index contributed by atoms with van der Waals surface area (Å²) in [7, 11) is 0. The van der Waals surface area contributed by atoms with Crippen LogP contribution >= 0.6 is 15.9 Å². The van der Waals surface area contributed by atoms with Gasteiger partial charge in [-0.3, -0.25) is 19.7 Å². The second kappa shape index (κ2) is 8.74. The molecule has 1 fully saturated rings. The maximum Gasteiger partial charge on any atom is 0.329 e. The summed E-state index contributed by atoms with van der Waals surface area (Å²) in [5.41, 5.74) is 1.11. The first-order valence-corrected chi connectivity index (χ1v) is 9.26. The number of carbonyl (C=O) groups is 3. The van der Waals surface area contributed by atoms with Crippen LogP contribution in [0.2, 0.25) is 0 Å². The van der Waals surface area contributed by atoms with E-state index in [0.29, 0.717) is 26.2 Å². The Morgan fingerprint density at radius 3 is 2.70 bits per heavy atom. The highest BCUT2D eigenvalue weighted by Crippen LogP contribution is 2.28. The van der Waals surface area contributed by atoms with Crippen molar-refractivity contribution in [2.24, 2.45) is 0 Å². The number of nitrogens with one attached hydrogen (secondary N) is 1. The van der Waals surface area contributed by atoms with Gasteiger partial charge in [0.05, 0.1) is 9.40 Å². The van der Waals surface area contributed by atoms with Crippen LogP contribution in [0.5, 0.6) is 5.75 Å². The minimum atomic E-state index is -1.30. The molecule has 0 radical (unpaired) electrons. The van der Waals surface area contributed by atoms with E-state index in [2.05, 4.69) is 21.2 Å². The fourth-order valence-electron chi connectivity index (χ4n) is 2.66. The van der Waals surface area contributed by atoms with E-state index in [1.165, 1.54) is 18.2 Å². The monoisotopic (exact) mass is 475 g/mol. The average molecular weight is 476 g/mol. The Balaban J connectivity index is 1.71. The van der Waals surface area contributed by atoms with Gasteiger partial charge in [-0.15, -0.1) is 0 Å². The molecule has 0 unspecified atom stereocenters. The Bertz CT molecular complexity index is 1080. The van der Waals surface area contributed by atoms with Crippen LogP contribution in [0, 0.1) is 10.1 Å². The van der Waals surface area contributed by atoms with Crippen LogP contribution in [0.15, 0.2) is 52.6 Å². The van der Waals surface area contributed by atoms with E-state index in [4.69, 9.17) is 9.84 Å². The van der Waals surface area contributed by atoms with Crippen molar-refractivity contribution in [2.75, 3.05) is 6.54 Å². The summed E-state index contributed by atoms with van der Waals surface area (Å²) in [6.45, 7) is -0.616. The number of urea groups is 1. The molecular formula is C19H14BrN3O7. The zero-order valence-corrected chi connectivity index (χ0v) is 16.8. The molecule has 2 N–H and O–H groups in total. The number of rotatable bonds is 7. The molecule has 0 aromatic heterocycles. The molecule has 0 saturated carbocycles. The number of nitrogens with zero attached hydrogens (tertiary/aromatic N) is 2. The maximum absolute atomic E-state index is 12.2. The lowest BCUT2D eigenvalue weighted by Gasteiger charge is -2.09. The Labute approximate surface area is 178 Å². The lowest BCUT2D eigenvalue weighted by Crippen LogP contribution is -2.35. The van der Waals surface area contributed by atoms with Crippen molar-refractivity contribution in [3.8, 4) is 5.75 Å². The van der Waals surface area contributed by atoms with Gasteiger partial charge in [0.1, 0.15) is 24.6 Å². The standard InChI is InChI=1S/C19H14BrN3O7/c20-14-7-11(8-15-18(26)22(9-17(24)25)19(27)21-15)4-5-16(14)30-10-12-2-1-3-13(6-12)23(28)29/h1-8H,9-10H2,(H,21,27)(H,24,25)/b15-8+. The number of hydrogen-bond donors (Lipinski definition) is 2. The molecule has 0 spiro atoms. The number of nitro benzene ring substituents is 1. The van der Waals surface area contributed by atoms with Gasteiger partial charge in [-0.1, -0.05) is 18.2 Å². The van der Waals surface area contributed by atoms with Gasteiger partial charge >= 0.3 is 12.0 Å². The van der Waals surface area contributed by atoms with Crippen LogP contribution in [0.3, 0.4) is 0 Å². The van der Waals surface area contributed by atoms with Crippen molar-refractivity contribution in [1.82, 2.24) is 10.2 Å². The minimum Gasteiger partial charge on any atom is -0.488 e. The number of hydrogen-bond acceptors (Lipinski definition) is 6. The van der Waals surface area contributed by atoms with Gasteiger partial charge in [0.2, 0.25) is 0 Å². The van der Waals surface area contributed by atoms with Crippen molar-refractivity contribution in [3.63, 3.8) is 0 Å². The molecule has 3 rings (SSSR count). The molecule has 1 aliphatic heterocycles.